The molecule has 2 aromatic rings. The Hall–Kier alpha value is -3.47. The zero-order valence-corrected chi connectivity index (χ0v) is 29.2. The van der Waals surface area contributed by atoms with Crippen LogP contribution in [0.4, 0.5) is 11.4 Å². The number of amides is 3. The summed E-state index contributed by atoms with van der Waals surface area (Å²) in [7, 11) is 0. The minimum absolute atomic E-state index is 0.0555. The van der Waals surface area contributed by atoms with Gasteiger partial charge in [-0.05, 0) is 87.9 Å². The molecule has 10 heteroatoms. The van der Waals surface area contributed by atoms with Crippen LogP contribution < -0.4 is 14.5 Å². The van der Waals surface area contributed by atoms with E-state index in [1.165, 1.54) is 0 Å². The number of alkyl halides is 1. The van der Waals surface area contributed by atoms with Crippen LogP contribution >= 0.6 is 15.9 Å². The minimum Gasteiger partial charge on any atom is -0.494 e. The average Bonchev–Trinajstić information content (AvgIpc) is 3.65. The van der Waals surface area contributed by atoms with Gasteiger partial charge in [0.2, 0.25) is 11.8 Å². The van der Waals surface area contributed by atoms with Crippen molar-refractivity contribution in [3.8, 4) is 5.75 Å². The van der Waals surface area contributed by atoms with Gasteiger partial charge in [-0.25, -0.2) is 0 Å². The zero-order chi connectivity index (χ0) is 33.9. The SMILES string of the molecule is C=CCN(C(=O)[C@H]1[C@H]2C(=O)N(CCCCCO)C(C(=O)N(CC=C)c3cc(C)ccc3C)C23CC(Br)[C@@H]1O3)c1ccc(OCC)cc1. The lowest BCUT2D eigenvalue weighted by molar-refractivity contribution is -0.140. The van der Waals surface area contributed by atoms with Crippen molar-refractivity contribution >= 4 is 45.0 Å². The van der Waals surface area contributed by atoms with E-state index in [2.05, 4.69) is 29.1 Å². The van der Waals surface area contributed by atoms with Crippen LogP contribution in [-0.2, 0) is 19.1 Å². The Morgan fingerprint density at radius 1 is 1.06 bits per heavy atom. The van der Waals surface area contributed by atoms with Crippen LogP contribution in [0, 0.1) is 25.7 Å². The molecule has 6 atom stereocenters. The number of halogens is 1. The fraction of sp³-hybridized carbons (Fsp3) is 0.486. The van der Waals surface area contributed by atoms with Crippen LogP contribution in [0.15, 0.2) is 67.8 Å². The Morgan fingerprint density at radius 3 is 2.43 bits per heavy atom. The molecule has 252 valence electrons. The molecule has 3 aliphatic heterocycles. The number of ether oxygens (including phenoxy) is 2. The van der Waals surface area contributed by atoms with Gasteiger partial charge in [0.15, 0.2) is 0 Å². The summed E-state index contributed by atoms with van der Waals surface area (Å²) in [5.41, 5.74) is 2.16. The minimum atomic E-state index is -1.19. The maximum atomic E-state index is 14.9. The standard InChI is InChI=1S/C37H46BrN3O6/c1-6-18-39(26-14-16-27(17-15-26)46-8-3)34(43)30-31-35(44)41(20-10-9-11-21-42)33(37(31)23-28(38)32(30)47-37)36(45)40(19-7-2)29-22-24(4)12-13-25(29)5/h6-7,12-17,22,28,30-33,42H,1-2,8-11,18-21,23H2,3-5H3/t28?,30-,31-,32-,33?,37?/m0/s1. The van der Waals surface area contributed by atoms with Crippen LogP contribution in [0.3, 0.4) is 0 Å². The highest BCUT2D eigenvalue weighted by Gasteiger charge is 2.77. The van der Waals surface area contributed by atoms with Gasteiger partial charge in [-0.1, -0.05) is 40.2 Å². The molecular weight excluding hydrogens is 662 g/mol. The summed E-state index contributed by atoms with van der Waals surface area (Å²) >= 11 is 3.80. The Kier molecular flexibility index (Phi) is 10.9. The molecule has 2 bridgehead atoms. The lowest BCUT2D eigenvalue weighted by Crippen LogP contribution is -2.57. The van der Waals surface area contributed by atoms with Gasteiger partial charge in [0.25, 0.3) is 5.91 Å². The van der Waals surface area contributed by atoms with Crippen LogP contribution in [-0.4, -0.2) is 83.2 Å². The molecule has 5 rings (SSSR count). The van der Waals surface area contributed by atoms with Crippen molar-refractivity contribution < 1.29 is 29.0 Å². The number of carbonyl (C=O) groups excluding carboxylic acids is 3. The molecule has 3 aliphatic rings. The van der Waals surface area contributed by atoms with Crippen molar-refractivity contribution in [3.63, 3.8) is 0 Å². The van der Waals surface area contributed by atoms with Crippen molar-refractivity contribution in [2.45, 2.75) is 69.0 Å². The molecule has 3 saturated heterocycles. The number of aliphatic hydroxyl groups is 1. The predicted molar refractivity (Wildman–Crippen MR) is 187 cm³/mol. The summed E-state index contributed by atoms with van der Waals surface area (Å²) in [6.07, 6.45) is 5.09. The second kappa shape index (κ2) is 14.7. The Morgan fingerprint density at radius 2 is 1.77 bits per heavy atom. The van der Waals surface area contributed by atoms with Gasteiger partial charge >= 0.3 is 0 Å². The summed E-state index contributed by atoms with van der Waals surface area (Å²) < 4.78 is 12.4. The summed E-state index contributed by atoms with van der Waals surface area (Å²) in [5, 5.41) is 9.40. The second-order valence-electron chi connectivity index (χ2n) is 12.7. The lowest BCUT2D eigenvalue weighted by Gasteiger charge is -2.38. The molecule has 9 nitrogen and oxygen atoms in total. The maximum Gasteiger partial charge on any atom is 0.253 e. The molecule has 0 aromatic heterocycles. The lowest BCUT2D eigenvalue weighted by atomic mass is 9.70. The van der Waals surface area contributed by atoms with Crippen molar-refractivity contribution in [1.29, 1.82) is 0 Å². The molecule has 3 heterocycles. The molecule has 0 radical (unpaired) electrons. The second-order valence-corrected chi connectivity index (χ2v) is 13.8. The number of hydrogen-bond donors (Lipinski definition) is 1. The largest absolute Gasteiger partial charge is 0.494 e. The summed E-state index contributed by atoms with van der Waals surface area (Å²) in [6, 6.07) is 12.3. The number of nitrogens with zero attached hydrogens (tertiary/aromatic N) is 3. The molecule has 1 N–H and O–H groups in total. The number of hydrogen-bond acceptors (Lipinski definition) is 6. The molecule has 1 spiro atoms. The Labute approximate surface area is 286 Å². The highest BCUT2D eigenvalue weighted by atomic mass is 79.9. The summed E-state index contributed by atoms with van der Waals surface area (Å²) in [4.78, 5) is 48.9. The van der Waals surface area contributed by atoms with Gasteiger partial charge in [-0.2, -0.15) is 0 Å². The number of aliphatic hydroxyl groups excluding tert-OH is 1. The van der Waals surface area contributed by atoms with E-state index in [1.54, 1.807) is 26.9 Å². The fourth-order valence-corrected chi connectivity index (χ4v) is 8.56. The molecule has 2 aromatic carbocycles. The highest BCUT2D eigenvalue weighted by Crippen LogP contribution is 2.60. The van der Waals surface area contributed by atoms with E-state index >= 15 is 0 Å². The molecule has 3 fully saturated rings. The number of benzene rings is 2. The first-order valence-electron chi connectivity index (χ1n) is 16.5. The van der Waals surface area contributed by atoms with Crippen LogP contribution in [0.5, 0.6) is 5.75 Å². The van der Waals surface area contributed by atoms with Gasteiger partial charge in [-0.15, -0.1) is 13.2 Å². The summed E-state index contributed by atoms with van der Waals surface area (Å²) in [6.45, 7) is 15.1. The quantitative estimate of drug-likeness (QED) is 0.152. The van der Waals surface area contributed by atoms with Gasteiger partial charge in [0.05, 0.1) is 24.5 Å². The third kappa shape index (κ3) is 6.39. The van der Waals surface area contributed by atoms with E-state index in [1.807, 2.05) is 63.2 Å². The smallest absolute Gasteiger partial charge is 0.253 e. The molecule has 0 saturated carbocycles. The first kappa shape index (κ1) is 34.9. The molecule has 3 amide bonds. The normalized spacial score (nSPS) is 25.9. The van der Waals surface area contributed by atoms with Gasteiger partial charge in [0.1, 0.15) is 17.4 Å². The Balaban J connectivity index is 1.56. The molecule has 3 unspecified atom stereocenters. The first-order chi connectivity index (χ1) is 22.6. The van der Waals surface area contributed by atoms with E-state index in [0.29, 0.717) is 50.3 Å². The topological polar surface area (TPSA) is 99.6 Å². The average molecular weight is 709 g/mol. The van der Waals surface area contributed by atoms with E-state index in [0.717, 1.165) is 16.8 Å². The zero-order valence-electron chi connectivity index (χ0n) is 27.6. The number of rotatable bonds is 15. The third-order valence-electron chi connectivity index (χ3n) is 9.64. The number of carbonyl (C=O) groups is 3. The van der Waals surface area contributed by atoms with Crippen LogP contribution in [0.25, 0.3) is 0 Å². The van der Waals surface area contributed by atoms with E-state index in [4.69, 9.17) is 9.47 Å². The Bertz CT molecular complexity index is 1500. The molecular formula is C37H46BrN3O6. The van der Waals surface area contributed by atoms with Crippen molar-refractivity contribution in [3.05, 3.63) is 78.9 Å². The van der Waals surface area contributed by atoms with Crippen LogP contribution in [0.2, 0.25) is 0 Å². The maximum absolute atomic E-state index is 14.9. The predicted octanol–water partition coefficient (Wildman–Crippen LogP) is 5.35. The summed E-state index contributed by atoms with van der Waals surface area (Å²) in [5.74, 6) is -1.67. The first-order valence-corrected chi connectivity index (χ1v) is 17.4. The number of anilines is 2. The monoisotopic (exact) mass is 707 g/mol. The number of aryl methyl sites for hydroxylation is 2. The number of likely N-dealkylation sites (tertiary alicyclic amines) is 1. The third-order valence-corrected chi connectivity index (χ3v) is 10.5. The van der Waals surface area contributed by atoms with Gasteiger partial charge < -0.3 is 29.3 Å². The van der Waals surface area contributed by atoms with E-state index in [9.17, 15) is 19.5 Å². The van der Waals surface area contributed by atoms with Gasteiger partial charge in [-0.3, -0.25) is 14.4 Å². The highest BCUT2D eigenvalue weighted by molar-refractivity contribution is 9.09. The van der Waals surface area contributed by atoms with Crippen LogP contribution in [0.1, 0.15) is 43.7 Å². The van der Waals surface area contributed by atoms with Crippen molar-refractivity contribution in [2.24, 2.45) is 11.8 Å². The van der Waals surface area contributed by atoms with E-state index in [-0.39, 0.29) is 42.2 Å². The number of unbranched alkanes of at least 4 members (excludes halogenated alkanes) is 2. The fourth-order valence-electron chi connectivity index (χ4n) is 7.62. The molecule has 47 heavy (non-hydrogen) atoms. The van der Waals surface area contributed by atoms with Crippen molar-refractivity contribution in [2.75, 3.05) is 42.6 Å². The van der Waals surface area contributed by atoms with E-state index < -0.39 is 29.6 Å². The number of fused-ring (bicyclic) bond motifs is 1. The van der Waals surface area contributed by atoms with Gasteiger partial charge in [0, 0.05) is 42.4 Å². The van der Waals surface area contributed by atoms with Crippen molar-refractivity contribution in [1.82, 2.24) is 4.90 Å². The molecule has 0 aliphatic carbocycles.